The molecule has 0 radical (unpaired) electrons. The van der Waals surface area contributed by atoms with E-state index in [0.29, 0.717) is 11.1 Å². The Morgan fingerprint density at radius 3 is 2.37 bits per heavy atom. The minimum Gasteiger partial charge on any atom is -0.280 e. The van der Waals surface area contributed by atoms with Gasteiger partial charge in [0.05, 0.1) is 10.6 Å². The number of halogens is 3. The van der Waals surface area contributed by atoms with Crippen LogP contribution in [0.4, 0.5) is 14.5 Å². The van der Waals surface area contributed by atoms with Gasteiger partial charge in [-0.3, -0.25) is 4.72 Å². The number of hydrogen-bond acceptors (Lipinski definition) is 2. The molecule has 0 atom stereocenters. The fraction of sp³-hybridized carbons (Fsp3) is 0. The molecule has 0 amide bonds. The molecule has 0 heterocycles. The van der Waals surface area contributed by atoms with Crippen LogP contribution in [0.5, 0.6) is 0 Å². The van der Waals surface area contributed by atoms with Crippen molar-refractivity contribution in [2.24, 2.45) is 0 Å². The fourth-order valence-corrected chi connectivity index (χ4v) is 2.66. The zero-order valence-electron chi connectivity index (χ0n) is 9.40. The first-order valence-corrected chi connectivity index (χ1v) is 6.98. The lowest BCUT2D eigenvalue weighted by Crippen LogP contribution is -2.13. The average Bonchev–Trinajstić information content (AvgIpc) is 2.32. The predicted molar refractivity (Wildman–Crippen MR) is 68.6 cm³/mol. The third-order valence-corrected chi connectivity index (χ3v) is 3.89. The first kappa shape index (κ1) is 13.8. The van der Waals surface area contributed by atoms with Crippen molar-refractivity contribution in [2.45, 2.75) is 4.90 Å². The van der Waals surface area contributed by atoms with Crippen molar-refractivity contribution in [3.63, 3.8) is 0 Å². The molecule has 0 aliphatic heterocycles. The van der Waals surface area contributed by atoms with Crippen molar-refractivity contribution in [2.75, 3.05) is 4.72 Å². The van der Waals surface area contributed by atoms with Gasteiger partial charge >= 0.3 is 0 Å². The molecule has 0 unspecified atom stereocenters. The summed E-state index contributed by atoms with van der Waals surface area (Å²) in [6.07, 6.45) is 0. The summed E-state index contributed by atoms with van der Waals surface area (Å²) in [7, 11) is -3.98. The zero-order chi connectivity index (χ0) is 14.0. The van der Waals surface area contributed by atoms with Gasteiger partial charge in [0, 0.05) is 5.02 Å². The van der Waals surface area contributed by atoms with E-state index in [2.05, 4.69) is 4.72 Å². The van der Waals surface area contributed by atoms with Gasteiger partial charge in [-0.1, -0.05) is 17.7 Å². The molecule has 2 rings (SSSR count). The van der Waals surface area contributed by atoms with E-state index >= 15 is 0 Å². The Bertz CT molecular complexity index is 719. The number of benzene rings is 2. The Kier molecular flexibility index (Phi) is 3.73. The van der Waals surface area contributed by atoms with E-state index in [-0.39, 0.29) is 10.6 Å². The van der Waals surface area contributed by atoms with E-state index in [1.54, 1.807) is 12.1 Å². The molecule has 100 valence electrons. The number of nitrogens with one attached hydrogen (secondary N) is 1. The van der Waals surface area contributed by atoms with E-state index < -0.39 is 21.7 Å². The number of anilines is 1. The molecule has 0 saturated heterocycles. The van der Waals surface area contributed by atoms with Gasteiger partial charge < -0.3 is 0 Å². The molecule has 0 aliphatic rings. The normalized spacial score (nSPS) is 11.3. The van der Waals surface area contributed by atoms with E-state index in [4.69, 9.17) is 11.6 Å². The molecule has 0 fully saturated rings. The number of hydrogen-bond donors (Lipinski definition) is 1. The summed E-state index contributed by atoms with van der Waals surface area (Å²) >= 11 is 5.72. The molecule has 2 aromatic carbocycles. The molecule has 3 nitrogen and oxygen atoms in total. The van der Waals surface area contributed by atoms with Gasteiger partial charge in [0.25, 0.3) is 10.0 Å². The van der Waals surface area contributed by atoms with Crippen molar-refractivity contribution in [1.82, 2.24) is 0 Å². The first-order valence-electron chi connectivity index (χ1n) is 5.12. The van der Waals surface area contributed by atoms with Crippen LogP contribution in [-0.4, -0.2) is 8.42 Å². The lowest BCUT2D eigenvalue weighted by molar-refractivity contribution is 0.504. The van der Waals surface area contributed by atoms with Crippen LogP contribution in [0.1, 0.15) is 0 Å². The maximum absolute atomic E-state index is 13.0. The van der Waals surface area contributed by atoms with E-state index in [9.17, 15) is 17.2 Å². The Labute approximate surface area is 113 Å². The zero-order valence-corrected chi connectivity index (χ0v) is 11.0. The highest BCUT2D eigenvalue weighted by molar-refractivity contribution is 7.92. The third kappa shape index (κ3) is 3.21. The van der Waals surface area contributed by atoms with Gasteiger partial charge in [0.1, 0.15) is 0 Å². The molecule has 7 heteroatoms. The van der Waals surface area contributed by atoms with Gasteiger partial charge in [0.15, 0.2) is 11.6 Å². The highest BCUT2D eigenvalue weighted by Gasteiger charge is 2.16. The molecule has 19 heavy (non-hydrogen) atoms. The van der Waals surface area contributed by atoms with E-state index in [0.717, 1.165) is 12.1 Å². The number of sulfonamides is 1. The Hall–Kier alpha value is -1.66. The lowest BCUT2D eigenvalue weighted by Gasteiger charge is -2.08. The number of rotatable bonds is 3. The summed E-state index contributed by atoms with van der Waals surface area (Å²) < 4.78 is 51.9. The smallest absolute Gasteiger partial charge is 0.261 e. The van der Waals surface area contributed by atoms with Crippen LogP contribution in [-0.2, 0) is 10.0 Å². The molecule has 2 aromatic rings. The molecular weight excluding hydrogens is 296 g/mol. The topological polar surface area (TPSA) is 46.2 Å². The van der Waals surface area contributed by atoms with Crippen molar-refractivity contribution in [1.29, 1.82) is 0 Å². The molecule has 0 aliphatic carbocycles. The second-order valence-corrected chi connectivity index (χ2v) is 5.81. The van der Waals surface area contributed by atoms with Crippen LogP contribution in [0.15, 0.2) is 47.4 Å². The van der Waals surface area contributed by atoms with Crippen LogP contribution < -0.4 is 4.72 Å². The maximum Gasteiger partial charge on any atom is 0.261 e. The summed E-state index contributed by atoms with van der Waals surface area (Å²) in [6, 6.07) is 8.38. The van der Waals surface area contributed by atoms with Gasteiger partial charge in [-0.15, -0.1) is 0 Å². The lowest BCUT2D eigenvalue weighted by atomic mass is 10.3. The minimum absolute atomic E-state index is 0.234. The van der Waals surface area contributed by atoms with Crippen LogP contribution in [0.3, 0.4) is 0 Å². The van der Waals surface area contributed by atoms with Crippen LogP contribution in [0.25, 0.3) is 0 Å². The molecule has 1 N–H and O–H groups in total. The predicted octanol–water partition coefficient (Wildman–Crippen LogP) is 3.42. The summed E-state index contributed by atoms with van der Waals surface area (Å²) in [5, 5.41) is 0.352. The summed E-state index contributed by atoms with van der Waals surface area (Å²) in [5.41, 5.74) is 0.234. The maximum atomic E-state index is 13.0. The van der Waals surface area contributed by atoms with E-state index in [1.807, 2.05) is 0 Å². The summed E-state index contributed by atoms with van der Waals surface area (Å²) in [6.45, 7) is 0. The standard InChI is InChI=1S/C12H8ClF2NO2S/c13-8-2-1-3-9(6-8)16-19(17,18)10-4-5-11(14)12(15)7-10/h1-7,16H. The molecule has 0 bridgehead atoms. The van der Waals surface area contributed by atoms with Crippen LogP contribution in [0.2, 0.25) is 5.02 Å². The second kappa shape index (κ2) is 5.14. The van der Waals surface area contributed by atoms with Gasteiger partial charge in [-0.25, -0.2) is 17.2 Å². The fourth-order valence-electron chi connectivity index (χ4n) is 1.41. The SMILES string of the molecule is O=S(=O)(Nc1cccc(Cl)c1)c1ccc(F)c(F)c1. The first-order chi connectivity index (χ1) is 8.88. The van der Waals surface area contributed by atoms with Crippen molar-refractivity contribution in [3.05, 3.63) is 59.1 Å². The highest BCUT2D eigenvalue weighted by atomic mass is 35.5. The molecule has 0 saturated carbocycles. The largest absolute Gasteiger partial charge is 0.280 e. The molecular formula is C12H8ClF2NO2S. The van der Waals surface area contributed by atoms with Crippen LogP contribution in [0, 0.1) is 11.6 Å². The van der Waals surface area contributed by atoms with Gasteiger partial charge in [0.2, 0.25) is 0 Å². The quantitative estimate of drug-likeness (QED) is 0.944. The highest BCUT2D eigenvalue weighted by Crippen LogP contribution is 2.20. The molecule has 0 aromatic heterocycles. The average molecular weight is 304 g/mol. The Morgan fingerprint density at radius 2 is 1.74 bits per heavy atom. The van der Waals surface area contributed by atoms with E-state index in [1.165, 1.54) is 12.1 Å². The molecule has 0 spiro atoms. The van der Waals surface area contributed by atoms with Crippen molar-refractivity contribution in [3.8, 4) is 0 Å². The summed E-state index contributed by atoms with van der Waals surface area (Å²) in [4.78, 5) is -0.369. The van der Waals surface area contributed by atoms with Crippen molar-refractivity contribution < 1.29 is 17.2 Å². The summed E-state index contributed by atoms with van der Waals surface area (Å²) in [5.74, 6) is -2.34. The third-order valence-electron chi connectivity index (χ3n) is 2.28. The monoisotopic (exact) mass is 303 g/mol. The Morgan fingerprint density at radius 1 is 1.00 bits per heavy atom. The van der Waals surface area contributed by atoms with Crippen molar-refractivity contribution >= 4 is 27.3 Å². The Balaban J connectivity index is 2.35. The van der Waals surface area contributed by atoms with Crippen LogP contribution >= 0.6 is 11.6 Å². The van der Waals surface area contributed by atoms with Gasteiger partial charge in [-0.2, -0.15) is 0 Å². The minimum atomic E-state index is -3.98. The van der Waals surface area contributed by atoms with Gasteiger partial charge in [-0.05, 0) is 36.4 Å². The second-order valence-electron chi connectivity index (χ2n) is 3.69.